The van der Waals surface area contributed by atoms with Crippen molar-refractivity contribution in [2.45, 2.75) is 46.1 Å². The van der Waals surface area contributed by atoms with Gasteiger partial charge < -0.3 is 9.47 Å². The van der Waals surface area contributed by atoms with Crippen molar-refractivity contribution < 1.29 is 19.1 Å². The summed E-state index contributed by atoms with van der Waals surface area (Å²) >= 11 is 0. The summed E-state index contributed by atoms with van der Waals surface area (Å²) in [6, 6.07) is 17.1. The van der Waals surface area contributed by atoms with Gasteiger partial charge in [0.1, 0.15) is 6.10 Å². The van der Waals surface area contributed by atoms with Crippen LogP contribution in [0.4, 0.5) is 0 Å². The minimum Gasteiger partial charge on any atom is -0.460 e. The van der Waals surface area contributed by atoms with Crippen LogP contribution in [-0.4, -0.2) is 24.6 Å². The van der Waals surface area contributed by atoms with Gasteiger partial charge in [-0.2, -0.15) is 0 Å². The van der Waals surface area contributed by atoms with Gasteiger partial charge in [-0.05, 0) is 53.9 Å². The Balaban J connectivity index is 1.52. The standard InChI is InChI=1S/C25H30O4/c1-17(2)22-14-9-18(3)15-23(22)29-24(26)16-28-25(27)21-12-10-20(11-13-21)19-7-5-4-6-8-19/h4-8,10-13,17-18,22-23H,9,14-16H2,1-3H3. The van der Waals surface area contributed by atoms with Gasteiger partial charge in [-0.25, -0.2) is 9.59 Å². The molecule has 4 heteroatoms. The Morgan fingerprint density at radius 2 is 1.62 bits per heavy atom. The van der Waals surface area contributed by atoms with Crippen LogP contribution in [0.2, 0.25) is 0 Å². The van der Waals surface area contributed by atoms with E-state index in [1.54, 1.807) is 12.1 Å². The van der Waals surface area contributed by atoms with Gasteiger partial charge in [0.2, 0.25) is 0 Å². The predicted molar refractivity (Wildman–Crippen MR) is 113 cm³/mol. The fourth-order valence-electron chi connectivity index (χ4n) is 4.09. The molecule has 0 N–H and O–H groups in total. The molecule has 2 aromatic rings. The van der Waals surface area contributed by atoms with Crippen molar-refractivity contribution >= 4 is 11.9 Å². The monoisotopic (exact) mass is 394 g/mol. The van der Waals surface area contributed by atoms with Crippen LogP contribution >= 0.6 is 0 Å². The van der Waals surface area contributed by atoms with Crippen LogP contribution in [0, 0.1) is 17.8 Å². The molecule has 0 bridgehead atoms. The Bertz CT molecular complexity index is 810. The maximum Gasteiger partial charge on any atom is 0.344 e. The van der Waals surface area contributed by atoms with E-state index in [0.29, 0.717) is 23.3 Å². The zero-order valence-electron chi connectivity index (χ0n) is 17.5. The second-order valence-corrected chi connectivity index (χ2v) is 8.37. The summed E-state index contributed by atoms with van der Waals surface area (Å²) in [6.07, 6.45) is 3.04. The zero-order valence-corrected chi connectivity index (χ0v) is 17.5. The molecule has 154 valence electrons. The number of hydrogen-bond acceptors (Lipinski definition) is 4. The lowest BCUT2D eigenvalue weighted by atomic mass is 9.75. The molecule has 3 unspecified atom stereocenters. The summed E-state index contributed by atoms with van der Waals surface area (Å²) in [6.45, 7) is 6.17. The van der Waals surface area contributed by atoms with Crippen LogP contribution in [0.1, 0.15) is 50.4 Å². The molecule has 0 spiro atoms. The third-order valence-electron chi connectivity index (χ3n) is 5.79. The maximum atomic E-state index is 12.3. The lowest BCUT2D eigenvalue weighted by Crippen LogP contribution is -2.36. The first-order valence-corrected chi connectivity index (χ1v) is 10.5. The van der Waals surface area contributed by atoms with E-state index in [0.717, 1.165) is 24.0 Å². The first kappa shape index (κ1) is 21.1. The third kappa shape index (κ3) is 5.69. The molecule has 2 aromatic carbocycles. The van der Waals surface area contributed by atoms with Crippen LogP contribution in [0.3, 0.4) is 0 Å². The second-order valence-electron chi connectivity index (χ2n) is 8.37. The molecule has 29 heavy (non-hydrogen) atoms. The highest BCUT2D eigenvalue weighted by molar-refractivity contribution is 5.91. The number of esters is 2. The van der Waals surface area contributed by atoms with Gasteiger partial charge in [-0.1, -0.05) is 69.7 Å². The zero-order chi connectivity index (χ0) is 20.8. The molecule has 1 fully saturated rings. The predicted octanol–water partition coefficient (Wildman–Crippen LogP) is 5.51. The largest absolute Gasteiger partial charge is 0.460 e. The molecule has 0 aliphatic heterocycles. The Morgan fingerprint density at radius 3 is 2.28 bits per heavy atom. The van der Waals surface area contributed by atoms with Crippen molar-refractivity contribution in [3.63, 3.8) is 0 Å². The van der Waals surface area contributed by atoms with Crippen molar-refractivity contribution in [2.24, 2.45) is 17.8 Å². The molecular weight excluding hydrogens is 364 g/mol. The van der Waals surface area contributed by atoms with Gasteiger partial charge in [-0.3, -0.25) is 0 Å². The molecule has 1 aliphatic carbocycles. The smallest absolute Gasteiger partial charge is 0.344 e. The first-order valence-electron chi connectivity index (χ1n) is 10.5. The van der Waals surface area contributed by atoms with Gasteiger partial charge in [0.05, 0.1) is 5.56 Å². The van der Waals surface area contributed by atoms with E-state index in [-0.39, 0.29) is 12.7 Å². The molecule has 1 aliphatic rings. The number of rotatable bonds is 6. The van der Waals surface area contributed by atoms with Crippen LogP contribution < -0.4 is 0 Å². The average Bonchev–Trinajstić information content (AvgIpc) is 2.72. The molecule has 3 atom stereocenters. The van der Waals surface area contributed by atoms with Crippen LogP contribution in [-0.2, 0) is 14.3 Å². The van der Waals surface area contributed by atoms with Crippen LogP contribution in [0.25, 0.3) is 11.1 Å². The number of hydrogen-bond donors (Lipinski definition) is 0. The SMILES string of the molecule is CC1CCC(C(C)C)C(OC(=O)COC(=O)c2ccc(-c3ccccc3)cc2)C1. The highest BCUT2D eigenvalue weighted by Crippen LogP contribution is 2.35. The topological polar surface area (TPSA) is 52.6 Å². The highest BCUT2D eigenvalue weighted by atomic mass is 16.6. The van der Waals surface area contributed by atoms with Gasteiger partial charge in [0.25, 0.3) is 0 Å². The van der Waals surface area contributed by atoms with Crippen LogP contribution in [0.5, 0.6) is 0 Å². The van der Waals surface area contributed by atoms with Crippen LogP contribution in [0.15, 0.2) is 54.6 Å². The summed E-state index contributed by atoms with van der Waals surface area (Å²) in [7, 11) is 0. The van der Waals surface area contributed by atoms with Gasteiger partial charge in [0.15, 0.2) is 6.61 Å². The molecule has 1 saturated carbocycles. The van der Waals surface area contributed by atoms with E-state index in [1.165, 1.54) is 6.42 Å². The summed E-state index contributed by atoms with van der Waals surface area (Å²) < 4.78 is 10.9. The van der Waals surface area contributed by atoms with Crippen molar-refractivity contribution in [1.29, 1.82) is 0 Å². The molecule has 0 aromatic heterocycles. The molecule has 0 heterocycles. The number of ether oxygens (including phenoxy) is 2. The second kappa shape index (κ2) is 9.73. The van der Waals surface area contributed by atoms with Crippen molar-refractivity contribution in [3.05, 3.63) is 60.2 Å². The molecule has 4 nitrogen and oxygen atoms in total. The van der Waals surface area contributed by atoms with E-state index in [2.05, 4.69) is 20.8 Å². The minimum atomic E-state index is -0.515. The van der Waals surface area contributed by atoms with E-state index in [4.69, 9.17) is 9.47 Å². The molecular formula is C25H30O4. The van der Waals surface area contributed by atoms with E-state index in [1.807, 2.05) is 42.5 Å². The normalized spacial score (nSPS) is 21.6. The molecule has 0 radical (unpaired) electrons. The van der Waals surface area contributed by atoms with E-state index >= 15 is 0 Å². The van der Waals surface area contributed by atoms with Gasteiger partial charge >= 0.3 is 11.9 Å². The highest BCUT2D eigenvalue weighted by Gasteiger charge is 2.33. The minimum absolute atomic E-state index is 0.0879. The number of carbonyl (C=O) groups is 2. The Labute approximate surface area is 173 Å². The van der Waals surface area contributed by atoms with E-state index < -0.39 is 11.9 Å². The summed E-state index contributed by atoms with van der Waals surface area (Å²) in [4.78, 5) is 24.5. The Kier molecular flexibility index (Phi) is 7.08. The molecule has 3 rings (SSSR count). The third-order valence-corrected chi connectivity index (χ3v) is 5.79. The lowest BCUT2D eigenvalue weighted by molar-refractivity contribution is -0.159. The summed E-state index contributed by atoms with van der Waals surface area (Å²) in [5.74, 6) is 0.402. The van der Waals surface area contributed by atoms with Gasteiger partial charge in [0, 0.05) is 0 Å². The van der Waals surface area contributed by atoms with Crippen molar-refractivity contribution in [1.82, 2.24) is 0 Å². The fraction of sp³-hybridized carbons (Fsp3) is 0.440. The first-order chi connectivity index (χ1) is 13.9. The van der Waals surface area contributed by atoms with Gasteiger partial charge in [-0.15, -0.1) is 0 Å². The number of carbonyl (C=O) groups excluding carboxylic acids is 2. The summed E-state index contributed by atoms with van der Waals surface area (Å²) in [5.41, 5.74) is 2.52. The molecule has 0 amide bonds. The Morgan fingerprint density at radius 1 is 0.966 bits per heavy atom. The fourth-order valence-corrected chi connectivity index (χ4v) is 4.09. The quantitative estimate of drug-likeness (QED) is 0.606. The van der Waals surface area contributed by atoms with Crippen molar-refractivity contribution in [2.75, 3.05) is 6.61 Å². The molecule has 0 saturated heterocycles. The van der Waals surface area contributed by atoms with E-state index in [9.17, 15) is 9.59 Å². The van der Waals surface area contributed by atoms with Crippen molar-refractivity contribution in [3.8, 4) is 11.1 Å². The maximum absolute atomic E-state index is 12.3. The number of benzene rings is 2. The lowest BCUT2D eigenvalue weighted by Gasteiger charge is -2.36. The Hall–Kier alpha value is -2.62. The average molecular weight is 395 g/mol. The summed E-state index contributed by atoms with van der Waals surface area (Å²) in [5, 5.41) is 0.